The van der Waals surface area contributed by atoms with Crippen molar-refractivity contribution in [2.45, 2.75) is 29.4 Å². The fourth-order valence-electron chi connectivity index (χ4n) is 3.56. The Balaban J connectivity index is 2.47. The van der Waals surface area contributed by atoms with Crippen LogP contribution < -0.4 is 4.90 Å². The SMILES string of the molecule is CN1CCCC(S(=O)(=O)c2cc([N+](=O)[O-])ccc2N(CCBr)CCOS(C)(=O)=O)CC1. The Kier molecular flexibility index (Phi) is 9.25. The van der Waals surface area contributed by atoms with Gasteiger partial charge in [0.05, 0.1) is 33.6 Å². The molecule has 13 heteroatoms. The minimum atomic E-state index is -3.86. The minimum Gasteiger partial charge on any atom is -0.367 e. The molecule has 1 fully saturated rings. The fraction of sp³-hybridized carbons (Fsp3) is 0.667. The Morgan fingerprint density at radius 2 is 1.94 bits per heavy atom. The number of hydrogen-bond donors (Lipinski definition) is 0. The van der Waals surface area contributed by atoms with E-state index in [1.54, 1.807) is 4.90 Å². The van der Waals surface area contributed by atoms with Gasteiger partial charge in [0, 0.05) is 30.6 Å². The number of hydrogen-bond acceptors (Lipinski definition) is 9. The van der Waals surface area contributed by atoms with E-state index in [0.717, 1.165) is 25.3 Å². The van der Waals surface area contributed by atoms with E-state index in [9.17, 15) is 26.9 Å². The van der Waals surface area contributed by atoms with E-state index in [-0.39, 0.29) is 23.7 Å². The smallest absolute Gasteiger partial charge is 0.270 e. The van der Waals surface area contributed by atoms with Crippen molar-refractivity contribution in [3.05, 3.63) is 28.3 Å². The molecular formula is C18H28BrN3O7S2. The summed E-state index contributed by atoms with van der Waals surface area (Å²) in [6.45, 7) is 1.72. The largest absolute Gasteiger partial charge is 0.367 e. The molecular weight excluding hydrogens is 514 g/mol. The van der Waals surface area contributed by atoms with Gasteiger partial charge in [0.15, 0.2) is 9.84 Å². The number of nitro benzene ring substituents is 1. The van der Waals surface area contributed by atoms with Crippen LogP contribution in [0.1, 0.15) is 19.3 Å². The van der Waals surface area contributed by atoms with Crippen molar-refractivity contribution in [1.29, 1.82) is 0 Å². The number of rotatable bonds is 10. The summed E-state index contributed by atoms with van der Waals surface area (Å²) in [7, 11) is -5.57. The third kappa shape index (κ3) is 7.38. The van der Waals surface area contributed by atoms with Crippen LogP contribution in [0, 0.1) is 10.1 Å². The Hall–Kier alpha value is -1.28. The molecule has 176 valence electrons. The number of halogens is 1. The molecule has 1 aromatic carbocycles. The molecule has 1 saturated heterocycles. The van der Waals surface area contributed by atoms with Gasteiger partial charge in [0.25, 0.3) is 15.8 Å². The van der Waals surface area contributed by atoms with Crippen molar-refractivity contribution < 1.29 is 25.9 Å². The minimum absolute atomic E-state index is 0.100. The van der Waals surface area contributed by atoms with Gasteiger partial charge in [0.2, 0.25) is 0 Å². The van der Waals surface area contributed by atoms with Crippen LogP contribution in [0.25, 0.3) is 0 Å². The van der Waals surface area contributed by atoms with Crippen molar-refractivity contribution in [1.82, 2.24) is 4.90 Å². The van der Waals surface area contributed by atoms with E-state index in [0.29, 0.717) is 36.9 Å². The van der Waals surface area contributed by atoms with E-state index >= 15 is 0 Å². The van der Waals surface area contributed by atoms with Crippen LogP contribution in [0.4, 0.5) is 11.4 Å². The predicted octanol–water partition coefficient (Wildman–Crippen LogP) is 2.03. The van der Waals surface area contributed by atoms with Gasteiger partial charge >= 0.3 is 0 Å². The van der Waals surface area contributed by atoms with Gasteiger partial charge in [-0.2, -0.15) is 8.42 Å². The highest BCUT2D eigenvalue weighted by Crippen LogP contribution is 2.34. The third-order valence-electron chi connectivity index (χ3n) is 5.15. The molecule has 1 aromatic rings. The zero-order chi connectivity index (χ0) is 23.2. The molecule has 1 aliphatic rings. The summed E-state index contributed by atoms with van der Waals surface area (Å²) >= 11 is 3.32. The quantitative estimate of drug-likeness (QED) is 0.189. The molecule has 1 unspecified atom stereocenters. The van der Waals surface area contributed by atoms with Gasteiger partial charge in [-0.05, 0) is 45.5 Å². The highest BCUT2D eigenvalue weighted by molar-refractivity contribution is 9.09. The molecule has 2 rings (SSSR count). The zero-order valence-electron chi connectivity index (χ0n) is 17.6. The molecule has 0 saturated carbocycles. The van der Waals surface area contributed by atoms with Crippen molar-refractivity contribution in [3.63, 3.8) is 0 Å². The summed E-state index contributed by atoms with van der Waals surface area (Å²) in [5.41, 5.74) is -0.000930. The summed E-state index contributed by atoms with van der Waals surface area (Å²) in [4.78, 5) is 14.4. The Bertz CT molecular complexity index is 986. The standard InChI is InChI=1S/C18H28BrN3O7S2/c1-20-9-3-4-16(7-10-20)31(27,28)18-14-15(22(23)24)5-6-17(18)21(11-8-19)12-13-29-30(2,25)26/h5-6,14,16H,3-4,7-13H2,1-2H3. The second kappa shape index (κ2) is 11.0. The number of non-ortho nitro benzene ring substituents is 1. The second-order valence-electron chi connectivity index (χ2n) is 7.51. The number of alkyl halides is 1. The van der Waals surface area contributed by atoms with Crippen LogP contribution in [0.15, 0.2) is 23.1 Å². The van der Waals surface area contributed by atoms with Crippen LogP contribution in [0.2, 0.25) is 0 Å². The van der Waals surface area contributed by atoms with E-state index < -0.39 is 30.1 Å². The number of sulfone groups is 1. The second-order valence-corrected chi connectivity index (χ2v) is 12.1. The van der Waals surface area contributed by atoms with Crippen molar-refractivity contribution in [2.24, 2.45) is 0 Å². The molecule has 10 nitrogen and oxygen atoms in total. The fourth-order valence-corrected chi connectivity index (χ4v) is 6.39. The maximum atomic E-state index is 13.6. The maximum Gasteiger partial charge on any atom is 0.270 e. The third-order valence-corrected chi connectivity index (χ3v) is 8.39. The maximum absolute atomic E-state index is 13.6. The first kappa shape index (κ1) is 26.0. The molecule has 1 heterocycles. The topological polar surface area (TPSA) is 127 Å². The lowest BCUT2D eigenvalue weighted by Crippen LogP contribution is -2.32. The van der Waals surface area contributed by atoms with Crippen LogP contribution in [0.5, 0.6) is 0 Å². The molecule has 31 heavy (non-hydrogen) atoms. The highest BCUT2D eigenvalue weighted by atomic mass is 79.9. The van der Waals surface area contributed by atoms with Crippen LogP contribution in [-0.2, 0) is 24.1 Å². The van der Waals surface area contributed by atoms with Crippen molar-refractivity contribution >= 4 is 47.3 Å². The molecule has 0 bridgehead atoms. The van der Waals surface area contributed by atoms with Crippen LogP contribution in [0.3, 0.4) is 0 Å². The summed E-state index contributed by atoms with van der Waals surface area (Å²) in [6.07, 6.45) is 2.58. The average Bonchev–Trinajstić information content (AvgIpc) is 2.91. The lowest BCUT2D eigenvalue weighted by Gasteiger charge is -2.27. The molecule has 0 spiro atoms. The Labute approximate surface area is 191 Å². The number of nitrogens with zero attached hydrogens (tertiary/aromatic N) is 3. The number of likely N-dealkylation sites (tertiary alicyclic amines) is 1. The van der Waals surface area contributed by atoms with Gasteiger partial charge in [-0.1, -0.05) is 15.9 Å². The predicted molar refractivity (Wildman–Crippen MR) is 122 cm³/mol. The summed E-state index contributed by atoms with van der Waals surface area (Å²) < 4.78 is 54.6. The Morgan fingerprint density at radius 3 is 2.55 bits per heavy atom. The zero-order valence-corrected chi connectivity index (χ0v) is 20.8. The molecule has 1 aliphatic heterocycles. The first-order valence-corrected chi connectivity index (χ1v) is 14.3. The number of anilines is 1. The normalized spacial score (nSPS) is 18.5. The van der Waals surface area contributed by atoms with Gasteiger partial charge in [-0.25, -0.2) is 8.42 Å². The van der Waals surface area contributed by atoms with Crippen molar-refractivity contribution in [3.8, 4) is 0 Å². The van der Waals surface area contributed by atoms with E-state index in [1.165, 1.54) is 12.1 Å². The van der Waals surface area contributed by atoms with Gasteiger partial charge in [0.1, 0.15) is 0 Å². The van der Waals surface area contributed by atoms with Crippen LogP contribution in [-0.4, -0.2) is 83.3 Å². The van der Waals surface area contributed by atoms with Gasteiger partial charge in [-0.3, -0.25) is 14.3 Å². The lowest BCUT2D eigenvalue weighted by molar-refractivity contribution is -0.385. The van der Waals surface area contributed by atoms with Crippen molar-refractivity contribution in [2.75, 3.05) is 56.3 Å². The highest BCUT2D eigenvalue weighted by Gasteiger charge is 2.33. The van der Waals surface area contributed by atoms with Gasteiger partial charge in [-0.15, -0.1) is 0 Å². The van der Waals surface area contributed by atoms with E-state index in [2.05, 4.69) is 20.8 Å². The lowest BCUT2D eigenvalue weighted by atomic mass is 10.2. The number of nitro groups is 1. The van der Waals surface area contributed by atoms with E-state index in [4.69, 9.17) is 4.18 Å². The summed E-state index contributed by atoms with van der Waals surface area (Å²) in [5.74, 6) is 0. The summed E-state index contributed by atoms with van der Waals surface area (Å²) in [5, 5.41) is 11.2. The first-order chi connectivity index (χ1) is 14.5. The molecule has 1 atom stereocenters. The van der Waals surface area contributed by atoms with Crippen LogP contribution >= 0.6 is 15.9 Å². The Morgan fingerprint density at radius 1 is 1.23 bits per heavy atom. The molecule has 0 N–H and O–H groups in total. The molecule has 0 amide bonds. The average molecular weight is 542 g/mol. The molecule has 0 aromatic heterocycles. The first-order valence-electron chi connectivity index (χ1n) is 9.82. The van der Waals surface area contributed by atoms with Gasteiger partial charge < -0.3 is 9.80 Å². The number of benzene rings is 1. The molecule has 0 radical (unpaired) electrons. The van der Waals surface area contributed by atoms with E-state index in [1.807, 2.05) is 7.05 Å². The summed E-state index contributed by atoms with van der Waals surface area (Å²) in [6, 6.07) is 3.78. The monoisotopic (exact) mass is 541 g/mol. The molecule has 0 aliphatic carbocycles.